The molecule has 0 aliphatic carbocycles. The summed E-state index contributed by atoms with van der Waals surface area (Å²) < 4.78 is 5.47. The monoisotopic (exact) mass is 1110 g/mol. The van der Waals surface area contributed by atoms with Crippen LogP contribution in [0.3, 0.4) is 0 Å². The zero-order chi connectivity index (χ0) is 57.1. The van der Waals surface area contributed by atoms with Gasteiger partial charge in [-0.15, -0.1) is 0 Å². The standard InChI is InChI=1S/C73H141NO5/c1-3-5-7-9-11-13-15-16-17-18-19-33-36-39-42-46-49-53-57-61-65-71(76)70(69-75)74-72(77)66-62-58-54-50-47-43-40-37-34-31-29-27-25-23-21-20-22-24-26-28-30-32-35-38-41-44-48-52-56-60-64-68-79-73(78)67-63-59-55-51-45-14-12-10-8-6-4-2/h22,24,28,30,70-71,75-76H,3-21,23,25-27,29,31-69H2,1-2H3,(H,74,77)/b24-22-,30-28-. The molecule has 1 amide bonds. The molecule has 0 saturated carbocycles. The Labute approximate surface area is 494 Å². The SMILES string of the molecule is CCCCCCCCCCCCCCCCCCCCCCC(O)C(CO)NC(=O)CCCCCCCCCCCCCCCCC/C=C\C/C=C\CCCCCCCCCCCOC(=O)CCCCCCCCCCCCC. The number of nitrogens with one attached hydrogen (secondary N) is 1. The van der Waals surface area contributed by atoms with E-state index in [-0.39, 0.29) is 18.5 Å². The van der Waals surface area contributed by atoms with Gasteiger partial charge >= 0.3 is 5.97 Å². The summed E-state index contributed by atoms with van der Waals surface area (Å²) in [4.78, 5) is 24.6. The zero-order valence-electron chi connectivity index (χ0n) is 53.6. The quantitative estimate of drug-likeness (QED) is 0.0320. The van der Waals surface area contributed by atoms with Crippen LogP contribution in [0.2, 0.25) is 0 Å². The fraction of sp³-hybridized carbons (Fsp3) is 0.918. The molecule has 0 spiro atoms. The first-order valence-electron chi connectivity index (χ1n) is 36.1. The van der Waals surface area contributed by atoms with Crippen LogP contribution in [0.1, 0.15) is 406 Å². The van der Waals surface area contributed by atoms with E-state index in [1.54, 1.807) is 0 Å². The maximum absolute atomic E-state index is 12.5. The smallest absolute Gasteiger partial charge is 0.305 e. The summed E-state index contributed by atoms with van der Waals surface area (Å²) in [6.45, 7) is 4.99. The molecule has 0 aromatic rings. The lowest BCUT2D eigenvalue weighted by atomic mass is 10.0. The number of carbonyl (C=O) groups excluding carboxylic acids is 2. The van der Waals surface area contributed by atoms with E-state index < -0.39 is 12.1 Å². The van der Waals surface area contributed by atoms with Crippen LogP contribution in [0.5, 0.6) is 0 Å². The normalized spacial score (nSPS) is 12.6. The zero-order valence-corrected chi connectivity index (χ0v) is 53.6. The highest BCUT2D eigenvalue weighted by molar-refractivity contribution is 5.76. The van der Waals surface area contributed by atoms with Crippen molar-refractivity contribution in [1.82, 2.24) is 5.32 Å². The van der Waals surface area contributed by atoms with Crippen LogP contribution in [0.4, 0.5) is 0 Å². The molecule has 0 aromatic heterocycles. The van der Waals surface area contributed by atoms with Crippen LogP contribution < -0.4 is 5.32 Å². The van der Waals surface area contributed by atoms with Crippen LogP contribution in [0, 0.1) is 0 Å². The second kappa shape index (κ2) is 68.8. The third-order valence-electron chi connectivity index (χ3n) is 17.0. The molecule has 468 valence electrons. The van der Waals surface area contributed by atoms with Gasteiger partial charge in [0.1, 0.15) is 0 Å². The van der Waals surface area contributed by atoms with Crippen LogP contribution in [-0.4, -0.2) is 47.4 Å². The molecule has 79 heavy (non-hydrogen) atoms. The van der Waals surface area contributed by atoms with Crippen molar-refractivity contribution in [2.24, 2.45) is 0 Å². The van der Waals surface area contributed by atoms with Gasteiger partial charge in [0.2, 0.25) is 5.91 Å². The van der Waals surface area contributed by atoms with Crippen molar-refractivity contribution < 1.29 is 24.5 Å². The third-order valence-corrected chi connectivity index (χ3v) is 17.0. The van der Waals surface area contributed by atoms with Crippen molar-refractivity contribution in [2.45, 2.75) is 418 Å². The number of allylic oxidation sites excluding steroid dienone is 4. The summed E-state index contributed by atoms with van der Waals surface area (Å²) in [5, 5.41) is 23.4. The van der Waals surface area contributed by atoms with Gasteiger partial charge in [0, 0.05) is 12.8 Å². The number of amides is 1. The molecular weight excluding hydrogens is 971 g/mol. The molecule has 6 heteroatoms. The number of unbranched alkanes of at least 4 members (excludes halogenated alkanes) is 53. The summed E-state index contributed by atoms with van der Waals surface area (Å²) in [5.74, 6) is -0.0163. The molecular formula is C73H141NO5. The summed E-state index contributed by atoms with van der Waals surface area (Å²) in [6.07, 6.45) is 86.6. The minimum Gasteiger partial charge on any atom is -0.466 e. The molecule has 3 N–H and O–H groups in total. The van der Waals surface area contributed by atoms with Crippen molar-refractivity contribution in [3.63, 3.8) is 0 Å². The van der Waals surface area contributed by atoms with Crippen molar-refractivity contribution in [2.75, 3.05) is 13.2 Å². The van der Waals surface area contributed by atoms with E-state index in [2.05, 4.69) is 43.5 Å². The Morgan fingerprint density at radius 3 is 0.962 bits per heavy atom. The van der Waals surface area contributed by atoms with Gasteiger partial charge in [-0.1, -0.05) is 359 Å². The highest BCUT2D eigenvalue weighted by Gasteiger charge is 2.20. The van der Waals surface area contributed by atoms with E-state index in [0.717, 1.165) is 44.9 Å². The van der Waals surface area contributed by atoms with Gasteiger partial charge in [0.25, 0.3) is 0 Å². The molecule has 0 aliphatic rings. The number of aliphatic hydroxyl groups excluding tert-OH is 2. The molecule has 2 unspecified atom stereocenters. The highest BCUT2D eigenvalue weighted by Crippen LogP contribution is 2.19. The Bertz CT molecular complexity index is 1230. The summed E-state index contributed by atoms with van der Waals surface area (Å²) in [7, 11) is 0. The van der Waals surface area contributed by atoms with Gasteiger partial charge in [-0.25, -0.2) is 0 Å². The minimum atomic E-state index is -0.664. The molecule has 0 aromatic carbocycles. The maximum Gasteiger partial charge on any atom is 0.305 e. The predicted molar refractivity (Wildman–Crippen MR) is 347 cm³/mol. The van der Waals surface area contributed by atoms with Crippen molar-refractivity contribution in [3.05, 3.63) is 24.3 Å². The summed E-state index contributed by atoms with van der Waals surface area (Å²) in [5.41, 5.74) is 0. The van der Waals surface area contributed by atoms with Crippen molar-refractivity contribution in [1.29, 1.82) is 0 Å². The molecule has 0 bridgehead atoms. The Balaban J connectivity index is 3.39. The molecule has 0 radical (unpaired) electrons. The molecule has 2 atom stereocenters. The van der Waals surface area contributed by atoms with Gasteiger partial charge in [-0.2, -0.15) is 0 Å². The maximum atomic E-state index is 12.5. The topological polar surface area (TPSA) is 95.9 Å². The number of hydrogen-bond donors (Lipinski definition) is 3. The number of aliphatic hydroxyl groups is 2. The Kier molecular flexibility index (Phi) is 67.4. The van der Waals surface area contributed by atoms with Gasteiger partial charge < -0.3 is 20.3 Å². The largest absolute Gasteiger partial charge is 0.466 e. The number of rotatable bonds is 68. The molecule has 0 aliphatic heterocycles. The molecule has 0 rings (SSSR count). The van der Waals surface area contributed by atoms with E-state index in [9.17, 15) is 19.8 Å². The number of hydrogen-bond acceptors (Lipinski definition) is 5. The molecule has 0 fully saturated rings. The first kappa shape index (κ1) is 77.3. The van der Waals surface area contributed by atoms with Crippen molar-refractivity contribution in [3.8, 4) is 0 Å². The second-order valence-corrected chi connectivity index (χ2v) is 24.9. The fourth-order valence-electron chi connectivity index (χ4n) is 11.5. The Morgan fingerprint density at radius 2 is 0.633 bits per heavy atom. The first-order chi connectivity index (χ1) is 39.0. The van der Waals surface area contributed by atoms with E-state index >= 15 is 0 Å². The molecule has 6 nitrogen and oxygen atoms in total. The lowest BCUT2D eigenvalue weighted by Gasteiger charge is -2.22. The Morgan fingerprint density at radius 1 is 0.354 bits per heavy atom. The van der Waals surface area contributed by atoms with Crippen LogP contribution in [0.25, 0.3) is 0 Å². The van der Waals surface area contributed by atoms with Gasteiger partial charge in [0.05, 0.1) is 25.4 Å². The molecule has 0 heterocycles. The van der Waals surface area contributed by atoms with Gasteiger partial charge in [-0.3, -0.25) is 9.59 Å². The van der Waals surface area contributed by atoms with Gasteiger partial charge in [0.15, 0.2) is 0 Å². The number of ether oxygens (including phenoxy) is 1. The van der Waals surface area contributed by atoms with E-state index in [1.807, 2.05) is 0 Å². The Hall–Kier alpha value is -1.66. The van der Waals surface area contributed by atoms with E-state index in [4.69, 9.17) is 4.74 Å². The average Bonchev–Trinajstić information content (AvgIpc) is 3.45. The fourth-order valence-corrected chi connectivity index (χ4v) is 11.5. The van der Waals surface area contributed by atoms with Crippen LogP contribution in [0.15, 0.2) is 24.3 Å². The van der Waals surface area contributed by atoms with Crippen LogP contribution in [-0.2, 0) is 14.3 Å². The van der Waals surface area contributed by atoms with Gasteiger partial charge in [-0.05, 0) is 57.8 Å². The summed E-state index contributed by atoms with van der Waals surface area (Å²) in [6, 6.07) is -0.542. The molecule has 0 saturated heterocycles. The van der Waals surface area contributed by atoms with E-state index in [1.165, 1.54) is 327 Å². The highest BCUT2D eigenvalue weighted by atomic mass is 16.5. The lowest BCUT2D eigenvalue weighted by Crippen LogP contribution is -2.45. The third kappa shape index (κ3) is 65.4. The summed E-state index contributed by atoms with van der Waals surface area (Å²) >= 11 is 0. The lowest BCUT2D eigenvalue weighted by molar-refractivity contribution is -0.143. The first-order valence-corrected chi connectivity index (χ1v) is 36.1. The number of esters is 1. The number of carbonyl (C=O) groups is 2. The van der Waals surface area contributed by atoms with E-state index in [0.29, 0.717) is 25.9 Å². The average molecular weight is 1110 g/mol. The van der Waals surface area contributed by atoms with Crippen molar-refractivity contribution >= 4 is 11.9 Å². The minimum absolute atomic E-state index is 0.0135. The predicted octanol–water partition coefficient (Wildman–Crippen LogP) is 23.3. The second-order valence-electron chi connectivity index (χ2n) is 24.9. The van der Waals surface area contributed by atoms with Crippen LogP contribution >= 0.6 is 0 Å².